The quantitative estimate of drug-likeness (QED) is 0.659. The van der Waals surface area contributed by atoms with Gasteiger partial charge in [-0.3, -0.25) is 4.79 Å². The number of anilines is 2. The largest absolute Gasteiger partial charge is 0.354 e. The highest BCUT2D eigenvalue weighted by Gasteiger charge is 2.17. The summed E-state index contributed by atoms with van der Waals surface area (Å²) in [5.41, 5.74) is 2.93. The van der Waals surface area contributed by atoms with Gasteiger partial charge in [0.15, 0.2) is 5.78 Å². The van der Waals surface area contributed by atoms with Crippen molar-refractivity contribution < 1.29 is 4.79 Å². The van der Waals surface area contributed by atoms with Gasteiger partial charge >= 0.3 is 0 Å². The van der Waals surface area contributed by atoms with Crippen LogP contribution in [-0.4, -0.2) is 30.3 Å². The number of carbonyl (C=O) groups excluding carboxylic acids is 1. The molecule has 120 valence electrons. The van der Waals surface area contributed by atoms with E-state index in [-0.39, 0.29) is 5.78 Å². The van der Waals surface area contributed by atoms with Crippen LogP contribution in [0.2, 0.25) is 0 Å². The van der Waals surface area contributed by atoms with Crippen molar-refractivity contribution in [2.24, 2.45) is 0 Å². The molecule has 0 spiro atoms. The van der Waals surface area contributed by atoms with Gasteiger partial charge in [-0.2, -0.15) is 0 Å². The lowest BCUT2D eigenvalue weighted by Crippen LogP contribution is -2.25. The number of hydrogen-bond donors (Lipinski definition) is 1. The van der Waals surface area contributed by atoms with Crippen LogP contribution >= 0.6 is 11.8 Å². The van der Waals surface area contributed by atoms with E-state index in [0.29, 0.717) is 6.42 Å². The van der Waals surface area contributed by atoms with Crippen LogP contribution in [0.25, 0.3) is 0 Å². The Kier molecular flexibility index (Phi) is 5.03. The van der Waals surface area contributed by atoms with E-state index in [1.165, 1.54) is 9.79 Å². The topological polar surface area (TPSA) is 32.3 Å². The second-order valence-electron chi connectivity index (χ2n) is 5.63. The molecule has 0 amide bonds. The van der Waals surface area contributed by atoms with E-state index >= 15 is 0 Å². The van der Waals surface area contributed by atoms with E-state index in [4.69, 9.17) is 0 Å². The number of para-hydroxylation sites is 1. The molecule has 1 aliphatic heterocycles. The molecule has 1 N–H and O–H groups in total. The van der Waals surface area contributed by atoms with Crippen LogP contribution in [0, 0.1) is 0 Å². The predicted molar refractivity (Wildman–Crippen MR) is 97.0 cm³/mol. The Morgan fingerprint density at radius 3 is 2.57 bits per heavy atom. The zero-order chi connectivity index (χ0) is 16.2. The standard InChI is InChI=1S/C19H22N2OS/c1-3-21(4-2)12-11-17(22)14-9-10-19-16(13-14)20-15-7-5-6-8-18(15)23-19/h5-10,13,20H,3-4,11-12H2,1-2H3. The first-order valence-corrected chi connectivity index (χ1v) is 8.96. The predicted octanol–water partition coefficient (Wildman–Crippen LogP) is 4.81. The van der Waals surface area contributed by atoms with Gasteiger partial charge in [0.05, 0.1) is 11.4 Å². The zero-order valence-electron chi connectivity index (χ0n) is 13.6. The summed E-state index contributed by atoms with van der Waals surface area (Å²) in [6, 6.07) is 14.2. The molecule has 3 nitrogen and oxygen atoms in total. The molecule has 4 heteroatoms. The summed E-state index contributed by atoms with van der Waals surface area (Å²) >= 11 is 1.75. The minimum atomic E-state index is 0.213. The third-order valence-corrected chi connectivity index (χ3v) is 5.38. The Hall–Kier alpha value is -1.78. The lowest BCUT2D eigenvalue weighted by Gasteiger charge is -2.21. The van der Waals surface area contributed by atoms with Crippen LogP contribution in [0.4, 0.5) is 11.4 Å². The number of carbonyl (C=O) groups is 1. The monoisotopic (exact) mass is 326 g/mol. The number of benzene rings is 2. The fourth-order valence-corrected chi connectivity index (χ4v) is 3.72. The Bertz CT molecular complexity index is 710. The van der Waals surface area contributed by atoms with Crippen LogP contribution < -0.4 is 5.32 Å². The van der Waals surface area contributed by atoms with Crippen molar-refractivity contribution in [2.75, 3.05) is 25.0 Å². The molecule has 0 atom stereocenters. The van der Waals surface area contributed by atoms with Crippen molar-refractivity contribution in [3.63, 3.8) is 0 Å². The maximum atomic E-state index is 12.5. The molecule has 1 aliphatic rings. The van der Waals surface area contributed by atoms with Gasteiger partial charge in [0.1, 0.15) is 0 Å². The summed E-state index contributed by atoms with van der Waals surface area (Å²) in [6.07, 6.45) is 0.574. The third kappa shape index (κ3) is 3.59. The van der Waals surface area contributed by atoms with E-state index in [0.717, 1.165) is 36.6 Å². The van der Waals surface area contributed by atoms with Gasteiger partial charge in [-0.05, 0) is 37.4 Å². The smallest absolute Gasteiger partial charge is 0.164 e. The van der Waals surface area contributed by atoms with Gasteiger partial charge in [0.2, 0.25) is 0 Å². The van der Waals surface area contributed by atoms with Gasteiger partial charge in [-0.15, -0.1) is 0 Å². The summed E-state index contributed by atoms with van der Waals surface area (Å²) in [4.78, 5) is 17.1. The molecule has 0 bridgehead atoms. The average Bonchev–Trinajstić information content (AvgIpc) is 2.60. The first kappa shape index (κ1) is 16.1. The van der Waals surface area contributed by atoms with Gasteiger partial charge in [-0.1, -0.05) is 43.8 Å². The Balaban J connectivity index is 1.73. The SMILES string of the molecule is CCN(CC)CCC(=O)c1ccc2c(c1)Nc1ccccc1S2. The molecule has 23 heavy (non-hydrogen) atoms. The van der Waals surface area contributed by atoms with Crippen molar-refractivity contribution >= 4 is 28.9 Å². The lowest BCUT2D eigenvalue weighted by molar-refractivity contribution is 0.0966. The molecule has 2 aromatic rings. The maximum Gasteiger partial charge on any atom is 0.164 e. The first-order chi connectivity index (χ1) is 11.2. The number of nitrogens with zero attached hydrogens (tertiary/aromatic N) is 1. The molecule has 0 radical (unpaired) electrons. The van der Waals surface area contributed by atoms with E-state index in [1.54, 1.807) is 11.8 Å². The molecule has 0 unspecified atom stereocenters. The first-order valence-electron chi connectivity index (χ1n) is 8.14. The van der Waals surface area contributed by atoms with Crippen molar-refractivity contribution in [1.82, 2.24) is 4.90 Å². The molecule has 0 saturated carbocycles. The maximum absolute atomic E-state index is 12.5. The number of ketones is 1. The second-order valence-corrected chi connectivity index (χ2v) is 6.72. The minimum Gasteiger partial charge on any atom is -0.354 e. The molecule has 0 aliphatic carbocycles. The van der Waals surface area contributed by atoms with Crippen molar-refractivity contribution in [3.8, 4) is 0 Å². The van der Waals surface area contributed by atoms with E-state index in [9.17, 15) is 4.79 Å². The molecule has 3 rings (SSSR count). The lowest BCUT2D eigenvalue weighted by atomic mass is 10.1. The van der Waals surface area contributed by atoms with Crippen LogP contribution in [0.5, 0.6) is 0 Å². The summed E-state index contributed by atoms with van der Waals surface area (Å²) in [6.45, 7) is 7.07. The molecule has 0 fully saturated rings. The van der Waals surface area contributed by atoms with Gasteiger partial charge in [0, 0.05) is 28.3 Å². The molecule has 0 saturated heterocycles. The fraction of sp³-hybridized carbons (Fsp3) is 0.316. The number of fused-ring (bicyclic) bond motifs is 2. The molecular weight excluding hydrogens is 304 g/mol. The number of hydrogen-bond acceptors (Lipinski definition) is 4. The summed E-state index contributed by atoms with van der Waals surface area (Å²) in [5, 5.41) is 3.44. The van der Waals surface area contributed by atoms with Gasteiger partial charge < -0.3 is 10.2 Å². The highest BCUT2D eigenvalue weighted by atomic mass is 32.2. The van der Waals surface area contributed by atoms with Gasteiger partial charge in [-0.25, -0.2) is 0 Å². The Labute approximate surface area is 142 Å². The van der Waals surface area contributed by atoms with E-state index in [2.05, 4.69) is 36.2 Å². The number of nitrogens with one attached hydrogen (secondary N) is 1. The fourth-order valence-electron chi connectivity index (χ4n) is 2.76. The third-order valence-electron chi connectivity index (χ3n) is 4.23. The number of rotatable bonds is 6. The molecular formula is C19H22N2OS. The molecule has 1 heterocycles. The highest BCUT2D eigenvalue weighted by Crippen LogP contribution is 2.44. The normalized spacial score (nSPS) is 12.5. The summed E-state index contributed by atoms with van der Waals surface area (Å²) < 4.78 is 0. The molecule has 2 aromatic carbocycles. The van der Waals surface area contributed by atoms with Crippen LogP contribution in [0.1, 0.15) is 30.6 Å². The summed E-state index contributed by atoms with van der Waals surface area (Å²) in [7, 11) is 0. The van der Waals surface area contributed by atoms with Crippen molar-refractivity contribution in [1.29, 1.82) is 0 Å². The van der Waals surface area contributed by atoms with E-state index in [1.807, 2.05) is 30.3 Å². The van der Waals surface area contributed by atoms with E-state index < -0.39 is 0 Å². The minimum absolute atomic E-state index is 0.213. The number of Topliss-reactive ketones (excluding diaryl/α,β-unsaturated/α-hetero) is 1. The van der Waals surface area contributed by atoms with Crippen LogP contribution in [0.3, 0.4) is 0 Å². The summed E-state index contributed by atoms with van der Waals surface area (Å²) in [5.74, 6) is 0.213. The molecule has 0 aromatic heterocycles. The van der Waals surface area contributed by atoms with Crippen LogP contribution in [-0.2, 0) is 0 Å². The van der Waals surface area contributed by atoms with Crippen LogP contribution in [0.15, 0.2) is 52.3 Å². The van der Waals surface area contributed by atoms with Gasteiger partial charge in [0.25, 0.3) is 0 Å². The second kappa shape index (κ2) is 7.20. The highest BCUT2D eigenvalue weighted by molar-refractivity contribution is 7.99. The average molecular weight is 326 g/mol. The Morgan fingerprint density at radius 2 is 1.78 bits per heavy atom. The van der Waals surface area contributed by atoms with Crippen molar-refractivity contribution in [2.45, 2.75) is 30.1 Å². The zero-order valence-corrected chi connectivity index (χ0v) is 14.5. The Morgan fingerprint density at radius 1 is 1.04 bits per heavy atom. The van der Waals surface area contributed by atoms with Crippen molar-refractivity contribution in [3.05, 3.63) is 48.0 Å².